The molecule has 1 aliphatic heterocycles. The summed E-state index contributed by atoms with van der Waals surface area (Å²) in [5, 5.41) is 4.28. The van der Waals surface area contributed by atoms with Crippen molar-refractivity contribution >= 4 is 28.9 Å². The fraction of sp³-hybridized carbons (Fsp3) is 0.308. The highest BCUT2D eigenvalue weighted by molar-refractivity contribution is 8.04. The van der Waals surface area contributed by atoms with Gasteiger partial charge in [0.25, 0.3) is 0 Å². The van der Waals surface area contributed by atoms with E-state index in [1.807, 2.05) is 0 Å². The van der Waals surface area contributed by atoms with Crippen LogP contribution in [0, 0.1) is 11.8 Å². The van der Waals surface area contributed by atoms with Crippen molar-refractivity contribution in [3.05, 3.63) is 45.5 Å². The van der Waals surface area contributed by atoms with Crippen LogP contribution in [0.1, 0.15) is 5.56 Å². The number of allylic oxidation sites excluding steroid dienone is 4. The molecule has 1 saturated heterocycles. The zero-order valence-electron chi connectivity index (χ0n) is 8.76. The fourth-order valence-corrected chi connectivity index (χ4v) is 4.20. The number of hydrogen-bond donors (Lipinski definition) is 0. The zero-order chi connectivity index (χ0) is 11.0. The molecular weight excluding hydrogens is 236 g/mol. The van der Waals surface area contributed by atoms with E-state index in [1.54, 1.807) is 23.1 Å². The summed E-state index contributed by atoms with van der Waals surface area (Å²) in [6, 6.07) is 2.16. The fourth-order valence-electron chi connectivity index (χ4n) is 2.37. The highest BCUT2D eigenvalue weighted by Gasteiger charge is 2.36. The first-order valence-electron chi connectivity index (χ1n) is 5.39. The van der Waals surface area contributed by atoms with Gasteiger partial charge in [-0.2, -0.15) is 11.3 Å². The first-order chi connectivity index (χ1) is 7.84. The summed E-state index contributed by atoms with van der Waals surface area (Å²) in [6.45, 7) is 0. The number of ketones is 1. The van der Waals surface area contributed by atoms with E-state index in [0.717, 1.165) is 6.42 Å². The van der Waals surface area contributed by atoms with Crippen molar-refractivity contribution < 1.29 is 4.79 Å². The Labute approximate surface area is 103 Å². The molecule has 3 heteroatoms. The molecule has 2 aliphatic rings. The van der Waals surface area contributed by atoms with Crippen LogP contribution >= 0.6 is 23.1 Å². The van der Waals surface area contributed by atoms with Gasteiger partial charge in [-0.3, -0.25) is 4.79 Å². The van der Waals surface area contributed by atoms with Crippen LogP contribution in [0.2, 0.25) is 0 Å². The SMILES string of the molecule is O=C1CSC2=CC=CC(Cc3ccsc3)C12. The van der Waals surface area contributed by atoms with Gasteiger partial charge in [0.05, 0.1) is 11.7 Å². The molecule has 0 amide bonds. The smallest absolute Gasteiger partial charge is 0.151 e. The number of rotatable bonds is 2. The first-order valence-corrected chi connectivity index (χ1v) is 7.32. The summed E-state index contributed by atoms with van der Waals surface area (Å²) in [5.74, 6) is 1.59. The highest BCUT2D eigenvalue weighted by Crippen LogP contribution is 2.42. The lowest BCUT2D eigenvalue weighted by Gasteiger charge is -2.22. The third-order valence-electron chi connectivity index (χ3n) is 3.13. The van der Waals surface area contributed by atoms with Gasteiger partial charge in [-0.1, -0.05) is 18.2 Å². The van der Waals surface area contributed by atoms with Crippen LogP contribution in [-0.2, 0) is 11.2 Å². The van der Waals surface area contributed by atoms with E-state index in [0.29, 0.717) is 17.5 Å². The zero-order valence-corrected chi connectivity index (χ0v) is 10.4. The number of Topliss-reactive ketones (excluding diaryl/α,β-unsaturated/α-hetero) is 1. The van der Waals surface area contributed by atoms with Crippen molar-refractivity contribution in [2.45, 2.75) is 6.42 Å². The van der Waals surface area contributed by atoms with Crippen molar-refractivity contribution in [1.29, 1.82) is 0 Å². The second kappa shape index (κ2) is 4.22. The van der Waals surface area contributed by atoms with E-state index in [9.17, 15) is 4.79 Å². The van der Waals surface area contributed by atoms with Crippen LogP contribution in [0.3, 0.4) is 0 Å². The normalized spacial score (nSPS) is 28.0. The number of thioether (sulfide) groups is 1. The molecule has 2 atom stereocenters. The van der Waals surface area contributed by atoms with Crippen molar-refractivity contribution in [3.8, 4) is 0 Å². The van der Waals surface area contributed by atoms with E-state index in [-0.39, 0.29) is 5.92 Å². The van der Waals surface area contributed by atoms with Gasteiger partial charge < -0.3 is 0 Å². The number of carbonyl (C=O) groups is 1. The van der Waals surface area contributed by atoms with Crippen LogP contribution in [0.15, 0.2) is 40.0 Å². The minimum absolute atomic E-state index is 0.148. The molecule has 2 heterocycles. The molecule has 1 nitrogen and oxygen atoms in total. The number of fused-ring (bicyclic) bond motifs is 1. The Kier molecular flexibility index (Phi) is 2.74. The van der Waals surface area contributed by atoms with Gasteiger partial charge in [0, 0.05) is 0 Å². The second-order valence-electron chi connectivity index (χ2n) is 4.19. The van der Waals surface area contributed by atoms with E-state index in [1.165, 1.54) is 10.5 Å². The molecule has 0 radical (unpaired) electrons. The Morgan fingerprint density at radius 1 is 1.44 bits per heavy atom. The van der Waals surface area contributed by atoms with Crippen molar-refractivity contribution in [1.82, 2.24) is 0 Å². The third-order valence-corrected chi connectivity index (χ3v) is 5.02. The molecule has 0 saturated carbocycles. The molecule has 0 aromatic carbocycles. The van der Waals surface area contributed by atoms with Gasteiger partial charge in [0.2, 0.25) is 0 Å². The molecule has 0 bridgehead atoms. The van der Waals surface area contributed by atoms with Crippen LogP contribution in [-0.4, -0.2) is 11.5 Å². The number of hydrogen-bond acceptors (Lipinski definition) is 3. The summed E-state index contributed by atoms with van der Waals surface area (Å²) in [6.07, 6.45) is 7.39. The predicted octanol–water partition coefficient (Wildman–Crippen LogP) is 3.29. The molecule has 16 heavy (non-hydrogen) atoms. The van der Waals surface area contributed by atoms with E-state index < -0.39 is 0 Å². The van der Waals surface area contributed by atoms with Gasteiger partial charge in [-0.15, -0.1) is 11.8 Å². The highest BCUT2D eigenvalue weighted by atomic mass is 32.2. The minimum atomic E-state index is 0.148. The maximum absolute atomic E-state index is 11.9. The maximum atomic E-state index is 11.9. The summed E-state index contributed by atoms with van der Waals surface area (Å²) >= 11 is 3.44. The van der Waals surface area contributed by atoms with Crippen molar-refractivity contribution in [2.75, 3.05) is 5.75 Å². The lowest BCUT2D eigenvalue weighted by molar-refractivity contribution is -0.119. The minimum Gasteiger partial charge on any atom is -0.298 e. The topological polar surface area (TPSA) is 17.1 Å². The van der Waals surface area contributed by atoms with Gasteiger partial charge in [0.1, 0.15) is 0 Å². The molecule has 0 N–H and O–H groups in total. The molecule has 3 rings (SSSR count). The Hall–Kier alpha value is -0.800. The summed E-state index contributed by atoms with van der Waals surface area (Å²) < 4.78 is 0. The third kappa shape index (κ3) is 1.78. The molecular formula is C13H12OS2. The summed E-state index contributed by atoms with van der Waals surface area (Å²) in [5.41, 5.74) is 1.35. The maximum Gasteiger partial charge on any atom is 0.151 e. The Morgan fingerprint density at radius 2 is 2.38 bits per heavy atom. The van der Waals surface area contributed by atoms with Crippen LogP contribution in [0.4, 0.5) is 0 Å². The van der Waals surface area contributed by atoms with Gasteiger partial charge in [-0.05, 0) is 39.6 Å². The lowest BCUT2D eigenvalue weighted by atomic mass is 9.82. The van der Waals surface area contributed by atoms with Gasteiger partial charge >= 0.3 is 0 Å². The monoisotopic (exact) mass is 248 g/mol. The Bertz CT molecular complexity index is 456. The molecule has 1 aromatic heterocycles. The first kappa shape index (κ1) is 10.4. The largest absolute Gasteiger partial charge is 0.298 e. The van der Waals surface area contributed by atoms with Gasteiger partial charge in [0.15, 0.2) is 5.78 Å². The quantitative estimate of drug-likeness (QED) is 0.799. The van der Waals surface area contributed by atoms with E-state index in [4.69, 9.17) is 0 Å². The average Bonchev–Trinajstić information content (AvgIpc) is 2.90. The summed E-state index contributed by atoms with van der Waals surface area (Å²) in [7, 11) is 0. The molecule has 1 aromatic rings. The Balaban J connectivity index is 1.83. The van der Waals surface area contributed by atoms with Crippen LogP contribution < -0.4 is 0 Å². The van der Waals surface area contributed by atoms with E-state index >= 15 is 0 Å². The molecule has 0 spiro atoms. The number of carbonyl (C=O) groups excluding carboxylic acids is 1. The molecule has 1 aliphatic carbocycles. The second-order valence-corrected chi connectivity index (χ2v) is 6.01. The molecule has 1 fully saturated rings. The predicted molar refractivity (Wildman–Crippen MR) is 69.7 cm³/mol. The van der Waals surface area contributed by atoms with Gasteiger partial charge in [-0.25, -0.2) is 0 Å². The summed E-state index contributed by atoms with van der Waals surface area (Å²) in [4.78, 5) is 13.1. The average molecular weight is 248 g/mol. The Morgan fingerprint density at radius 3 is 3.19 bits per heavy atom. The number of thiophene rings is 1. The van der Waals surface area contributed by atoms with Crippen molar-refractivity contribution in [2.24, 2.45) is 11.8 Å². The molecule has 2 unspecified atom stereocenters. The van der Waals surface area contributed by atoms with E-state index in [2.05, 4.69) is 35.1 Å². The lowest BCUT2D eigenvalue weighted by Crippen LogP contribution is -2.23. The van der Waals surface area contributed by atoms with Crippen LogP contribution in [0.5, 0.6) is 0 Å². The van der Waals surface area contributed by atoms with Crippen molar-refractivity contribution in [3.63, 3.8) is 0 Å². The standard InChI is InChI=1S/C13H12OS2/c14-11-8-16-12-3-1-2-10(13(11)12)6-9-4-5-15-7-9/h1-5,7,10,13H,6,8H2. The van der Waals surface area contributed by atoms with Crippen LogP contribution in [0.25, 0.3) is 0 Å². The molecule has 82 valence electrons.